The van der Waals surface area contributed by atoms with Gasteiger partial charge in [0, 0.05) is 0 Å². The molecular formula is C10H9FN2O6S. The van der Waals surface area contributed by atoms with E-state index in [4.69, 9.17) is 5.11 Å². The third-order valence-electron chi connectivity index (χ3n) is 2.11. The minimum atomic E-state index is -4.23. The van der Waals surface area contributed by atoms with Gasteiger partial charge in [0.15, 0.2) is 9.84 Å². The van der Waals surface area contributed by atoms with Crippen LogP contribution >= 0.6 is 0 Å². The van der Waals surface area contributed by atoms with Crippen molar-refractivity contribution in [2.45, 2.75) is 4.90 Å². The Morgan fingerprint density at radius 1 is 1.30 bits per heavy atom. The smallest absolute Gasteiger partial charge is 0.338 e. The topological polar surface area (TPSA) is 144 Å². The standard InChI is InChI=1S/C10H9FN2O6S/c11-7-2-1-5(3-6(7)9(15)16)20(18,19)4-8(14)13-10(12)17/h1-3H,4H2,(H,15,16)(H3,12,13,14,17). The van der Waals surface area contributed by atoms with Crippen LogP contribution in [0.3, 0.4) is 0 Å². The summed E-state index contributed by atoms with van der Waals surface area (Å²) < 4.78 is 36.7. The van der Waals surface area contributed by atoms with Crippen LogP contribution in [0.5, 0.6) is 0 Å². The second kappa shape index (κ2) is 5.65. The molecule has 3 amide bonds. The Morgan fingerprint density at radius 3 is 2.40 bits per heavy atom. The lowest BCUT2D eigenvalue weighted by molar-refractivity contribution is -0.117. The Balaban J connectivity index is 3.10. The molecular weight excluding hydrogens is 295 g/mol. The predicted molar refractivity (Wildman–Crippen MR) is 63.1 cm³/mol. The molecule has 4 N–H and O–H groups in total. The summed E-state index contributed by atoms with van der Waals surface area (Å²) in [6, 6.07) is 0.831. The molecule has 0 bridgehead atoms. The number of nitrogens with two attached hydrogens (primary N) is 1. The summed E-state index contributed by atoms with van der Waals surface area (Å²) in [7, 11) is -4.23. The van der Waals surface area contributed by atoms with Crippen LogP contribution in [0.4, 0.5) is 9.18 Å². The minimum Gasteiger partial charge on any atom is -0.478 e. The second-order valence-corrected chi connectivity index (χ2v) is 5.61. The van der Waals surface area contributed by atoms with E-state index < -0.39 is 49.8 Å². The third-order valence-corrected chi connectivity index (χ3v) is 3.73. The molecule has 0 fully saturated rings. The van der Waals surface area contributed by atoms with Crippen molar-refractivity contribution in [2.24, 2.45) is 5.73 Å². The van der Waals surface area contributed by atoms with E-state index in [1.807, 2.05) is 0 Å². The maximum atomic E-state index is 13.1. The summed E-state index contributed by atoms with van der Waals surface area (Å²) in [5.41, 5.74) is 3.80. The van der Waals surface area contributed by atoms with E-state index in [1.54, 1.807) is 5.32 Å². The highest BCUT2D eigenvalue weighted by atomic mass is 32.2. The Hall–Kier alpha value is -2.49. The van der Waals surface area contributed by atoms with Crippen molar-refractivity contribution >= 4 is 27.7 Å². The van der Waals surface area contributed by atoms with Crippen molar-refractivity contribution in [1.82, 2.24) is 5.32 Å². The normalized spacial score (nSPS) is 10.8. The summed E-state index contributed by atoms with van der Waals surface area (Å²) in [6.07, 6.45) is 0. The van der Waals surface area contributed by atoms with Crippen molar-refractivity contribution in [1.29, 1.82) is 0 Å². The molecule has 1 aromatic rings. The number of amides is 3. The van der Waals surface area contributed by atoms with E-state index in [-0.39, 0.29) is 0 Å². The van der Waals surface area contributed by atoms with E-state index in [2.05, 4.69) is 5.73 Å². The van der Waals surface area contributed by atoms with E-state index in [0.29, 0.717) is 12.1 Å². The van der Waals surface area contributed by atoms with E-state index in [9.17, 15) is 27.2 Å². The number of rotatable bonds is 4. The molecule has 1 aromatic carbocycles. The molecule has 0 unspecified atom stereocenters. The molecule has 10 heteroatoms. The highest BCUT2D eigenvalue weighted by Gasteiger charge is 2.22. The lowest BCUT2D eigenvalue weighted by Crippen LogP contribution is -2.38. The molecule has 0 saturated carbocycles. The Bertz CT molecular complexity index is 685. The van der Waals surface area contributed by atoms with Gasteiger partial charge in [0.1, 0.15) is 11.6 Å². The first-order valence-corrected chi connectivity index (χ1v) is 6.63. The highest BCUT2D eigenvalue weighted by molar-refractivity contribution is 7.92. The van der Waals surface area contributed by atoms with Gasteiger partial charge in [0.25, 0.3) is 0 Å². The number of carboxylic acids is 1. The fraction of sp³-hybridized carbons (Fsp3) is 0.100. The number of carbonyl (C=O) groups is 3. The molecule has 0 aliphatic rings. The van der Waals surface area contributed by atoms with Crippen LogP contribution in [0.15, 0.2) is 23.1 Å². The van der Waals surface area contributed by atoms with E-state index >= 15 is 0 Å². The molecule has 0 atom stereocenters. The van der Waals surface area contributed by atoms with Gasteiger partial charge < -0.3 is 10.8 Å². The predicted octanol–water partition coefficient (Wildman–Crippen LogP) is -0.507. The summed E-state index contributed by atoms with van der Waals surface area (Å²) in [5, 5.41) is 10.2. The number of carboxylic acid groups (broad SMARTS) is 1. The number of imide groups is 1. The summed E-state index contributed by atoms with van der Waals surface area (Å²) in [4.78, 5) is 31.7. The number of urea groups is 1. The monoisotopic (exact) mass is 304 g/mol. The number of aromatic carboxylic acids is 1. The number of carbonyl (C=O) groups excluding carboxylic acids is 2. The Morgan fingerprint density at radius 2 is 1.90 bits per heavy atom. The summed E-state index contributed by atoms with van der Waals surface area (Å²) in [6.45, 7) is 0. The van der Waals surface area contributed by atoms with Crippen LogP contribution in [0.1, 0.15) is 10.4 Å². The number of nitrogens with one attached hydrogen (secondary N) is 1. The zero-order valence-electron chi connectivity index (χ0n) is 9.79. The fourth-order valence-electron chi connectivity index (χ4n) is 1.29. The molecule has 0 spiro atoms. The maximum Gasteiger partial charge on any atom is 0.338 e. The van der Waals surface area contributed by atoms with Gasteiger partial charge in [-0.1, -0.05) is 0 Å². The Kier molecular flexibility index (Phi) is 4.40. The molecule has 108 valence electrons. The van der Waals surface area contributed by atoms with Crippen molar-refractivity contribution < 1.29 is 32.3 Å². The first-order valence-electron chi connectivity index (χ1n) is 4.98. The quantitative estimate of drug-likeness (QED) is 0.639. The lowest BCUT2D eigenvalue weighted by atomic mass is 10.2. The number of hydrogen-bond acceptors (Lipinski definition) is 5. The molecule has 0 radical (unpaired) electrons. The lowest BCUT2D eigenvalue weighted by Gasteiger charge is -2.05. The molecule has 0 aliphatic heterocycles. The van der Waals surface area contributed by atoms with Crippen LogP contribution in [0, 0.1) is 5.82 Å². The highest BCUT2D eigenvalue weighted by Crippen LogP contribution is 2.16. The van der Waals surface area contributed by atoms with Crippen LogP contribution in [0.2, 0.25) is 0 Å². The molecule has 20 heavy (non-hydrogen) atoms. The van der Waals surface area contributed by atoms with Crippen LogP contribution in [0.25, 0.3) is 0 Å². The van der Waals surface area contributed by atoms with Gasteiger partial charge >= 0.3 is 12.0 Å². The number of sulfone groups is 1. The first-order chi connectivity index (χ1) is 9.13. The average molecular weight is 304 g/mol. The van der Waals surface area contributed by atoms with Gasteiger partial charge in [-0.25, -0.2) is 22.4 Å². The van der Waals surface area contributed by atoms with Crippen LogP contribution in [-0.2, 0) is 14.6 Å². The summed E-state index contributed by atoms with van der Waals surface area (Å²) in [5.74, 6) is -5.07. The molecule has 0 aliphatic carbocycles. The van der Waals surface area contributed by atoms with E-state index in [1.165, 1.54) is 0 Å². The Labute approximate surface area is 112 Å². The van der Waals surface area contributed by atoms with Crippen LogP contribution in [-0.4, -0.2) is 37.2 Å². The minimum absolute atomic E-state index is 0.559. The number of benzene rings is 1. The van der Waals surface area contributed by atoms with E-state index in [0.717, 1.165) is 6.07 Å². The number of halogens is 1. The maximum absolute atomic E-state index is 13.1. The largest absolute Gasteiger partial charge is 0.478 e. The van der Waals surface area contributed by atoms with Gasteiger partial charge in [0.2, 0.25) is 5.91 Å². The molecule has 0 aromatic heterocycles. The molecule has 8 nitrogen and oxygen atoms in total. The van der Waals surface area contributed by atoms with Gasteiger partial charge in [-0.05, 0) is 18.2 Å². The van der Waals surface area contributed by atoms with Crippen LogP contribution < -0.4 is 11.1 Å². The molecule has 1 rings (SSSR count). The van der Waals surface area contributed by atoms with Gasteiger partial charge in [-0.15, -0.1) is 0 Å². The fourth-order valence-corrected chi connectivity index (χ4v) is 2.45. The summed E-state index contributed by atoms with van der Waals surface area (Å²) >= 11 is 0. The first kappa shape index (κ1) is 15.6. The second-order valence-electron chi connectivity index (χ2n) is 3.62. The zero-order chi connectivity index (χ0) is 15.5. The van der Waals surface area contributed by atoms with Gasteiger partial charge in [0.05, 0.1) is 10.5 Å². The number of primary amides is 1. The zero-order valence-corrected chi connectivity index (χ0v) is 10.6. The van der Waals surface area contributed by atoms with Gasteiger partial charge in [-0.3, -0.25) is 10.1 Å². The van der Waals surface area contributed by atoms with Crippen molar-refractivity contribution in [2.75, 3.05) is 5.75 Å². The average Bonchev–Trinajstić information content (AvgIpc) is 2.26. The van der Waals surface area contributed by atoms with Crippen molar-refractivity contribution in [3.8, 4) is 0 Å². The van der Waals surface area contributed by atoms with Crippen molar-refractivity contribution in [3.05, 3.63) is 29.6 Å². The number of hydrogen-bond donors (Lipinski definition) is 3. The van der Waals surface area contributed by atoms with Gasteiger partial charge in [-0.2, -0.15) is 0 Å². The molecule has 0 heterocycles. The van der Waals surface area contributed by atoms with Crippen molar-refractivity contribution in [3.63, 3.8) is 0 Å². The third kappa shape index (κ3) is 3.75. The molecule has 0 saturated heterocycles. The SMILES string of the molecule is NC(=O)NC(=O)CS(=O)(=O)c1ccc(F)c(C(=O)O)c1.